The molecular weight excluding hydrogens is 304 g/mol. The second-order valence-corrected chi connectivity index (χ2v) is 5.87. The molecule has 124 valence electrons. The number of aromatic nitrogens is 3. The SMILES string of the molecule is COc1ccc2nc3n(c2c1)C(CNCc1ccccn1)COC3. The monoisotopic (exact) mass is 324 g/mol. The molecule has 4 rings (SSSR count). The highest BCUT2D eigenvalue weighted by atomic mass is 16.5. The Bertz CT molecular complexity index is 832. The fourth-order valence-corrected chi connectivity index (χ4v) is 3.14. The van der Waals surface area contributed by atoms with Gasteiger partial charge < -0.3 is 19.4 Å². The third-order valence-corrected chi connectivity index (χ3v) is 4.29. The Balaban J connectivity index is 1.56. The first-order valence-electron chi connectivity index (χ1n) is 8.08. The standard InChI is InChI=1S/C18H20N4O2/c1-23-15-5-6-16-17(8-15)22-14(11-24-12-18(22)21-16)10-19-9-13-4-2-3-7-20-13/h2-8,14,19H,9-12H2,1H3. The van der Waals surface area contributed by atoms with Crippen LogP contribution >= 0.6 is 0 Å². The molecule has 1 atom stereocenters. The summed E-state index contributed by atoms with van der Waals surface area (Å²) in [5, 5.41) is 3.47. The molecule has 3 aromatic rings. The van der Waals surface area contributed by atoms with Gasteiger partial charge in [0.2, 0.25) is 0 Å². The number of rotatable bonds is 5. The number of benzene rings is 1. The average molecular weight is 324 g/mol. The molecule has 3 heterocycles. The van der Waals surface area contributed by atoms with E-state index in [-0.39, 0.29) is 6.04 Å². The lowest BCUT2D eigenvalue weighted by molar-refractivity contribution is 0.0563. The van der Waals surface area contributed by atoms with Crippen molar-refractivity contribution in [3.63, 3.8) is 0 Å². The van der Waals surface area contributed by atoms with Gasteiger partial charge in [0.05, 0.1) is 36.5 Å². The zero-order valence-corrected chi connectivity index (χ0v) is 13.6. The fraction of sp³-hybridized carbons (Fsp3) is 0.333. The smallest absolute Gasteiger partial charge is 0.136 e. The molecule has 0 spiro atoms. The minimum atomic E-state index is 0.203. The highest BCUT2D eigenvalue weighted by Crippen LogP contribution is 2.28. The van der Waals surface area contributed by atoms with Gasteiger partial charge in [-0.2, -0.15) is 0 Å². The summed E-state index contributed by atoms with van der Waals surface area (Å²) in [6, 6.07) is 12.1. The van der Waals surface area contributed by atoms with Crippen molar-refractivity contribution in [2.45, 2.75) is 19.2 Å². The largest absolute Gasteiger partial charge is 0.497 e. The van der Waals surface area contributed by atoms with Crippen molar-refractivity contribution >= 4 is 11.0 Å². The molecule has 6 nitrogen and oxygen atoms in total. The summed E-state index contributed by atoms with van der Waals surface area (Å²) in [6.45, 7) is 2.76. The van der Waals surface area contributed by atoms with E-state index in [1.165, 1.54) is 0 Å². The summed E-state index contributed by atoms with van der Waals surface area (Å²) in [5.41, 5.74) is 3.11. The first kappa shape index (κ1) is 15.1. The van der Waals surface area contributed by atoms with Gasteiger partial charge >= 0.3 is 0 Å². The summed E-state index contributed by atoms with van der Waals surface area (Å²) >= 11 is 0. The Labute approximate surface area is 140 Å². The van der Waals surface area contributed by atoms with E-state index in [1.807, 2.05) is 42.6 Å². The number of hydrogen-bond acceptors (Lipinski definition) is 5. The Morgan fingerprint density at radius 1 is 1.33 bits per heavy atom. The molecule has 1 aliphatic heterocycles. The summed E-state index contributed by atoms with van der Waals surface area (Å²) < 4.78 is 13.4. The third kappa shape index (κ3) is 2.86. The molecule has 0 bridgehead atoms. The molecule has 24 heavy (non-hydrogen) atoms. The topological polar surface area (TPSA) is 61.2 Å². The van der Waals surface area contributed by atoms with Crippen LogP contribution in [0.5, 0.6) is 5.75 Å². The van der Waals surface area contributed by atoms with Crippen LogP contribution in [0.1, 0.15) is 17.6 Å². The summed E-state index contributed by atoms with van der Waals surface area (Å²) in [5.74, 6) is 1.81. The number of ether oxygens (including phenoxy) is 2. The molecule has 0 saturated heterocycles. The van der Waals surface area contributed by atoms with Gasteiger partial charge in [-0.15, -0.1) is 0 Å². The van der Waals surface area contributed by atoms with Crippen LogP contribution in [0, 0.1) is 0 Å². The maximum Gasteiger partial charge on any atom is 0.136 e. The van der Waals surface area contributed by atoms with Crippen LogP contribution in [-0.2, 0) is 17.9 Å². The Hall–Kier alpha value is -2.44. The zero-order valence-electron chi connectivity index (χ0n) is 13.6. The number of nitrogens with one attached hydrogen (secondary N) is 1. The molecule has 1 unspecified atom stereocenters. The third-order valence-electron chi connectivity index (χ3n) is 4.29. The second kappa shape index (κ2) is 6.59. The van der Waals surface area contributed by atoms with E-state index < -0.39 is 0 Å². The number of imidazole rings is 1. The van der Waals surface area contributed by atoms with E-state index in [0.29, 0.717) is 13.2 Å². The van der Waals surface area contributed by atoms with Crippen LogP contribution in [0.15, 0.2) is 42.6 Å². The van der Waals surface area contributed by atoms with Crippen molar-refractivity contribution < 1.29 is 9.47 Å². The Morgan fingerprint density at radius 2 is 2.29 bits per heavy atom. The minimum absolute atomic E-state index is 0.203. The molecule has 0 amide bonds. The number of fused-ring (bicyclic) bond motifs is 3. The Morgan fingerprint density at radius 3 is 3.12 bits per heavy atom. The normalized spacial score (nSPS) is 17.0. The van der Waals surface area contributed by atoms with Crippen molar-refractivity contribution in [1.82, 2.24) is 19.9 Å². The van der Waals surface area contributed by atoms with Gasteiger partial charge in [0.15, 0.2) is 0 Å². The maximum absolute atomic E-state index is 5.73. The van der Waals surface area contributed by atoms with Crippen LogP contribution in [0.2, 0.25) is 0 Å². The van der Waals surface area contributed by atoms with E-state index in [2.05, 4.69) is 19.9 Å². The van der Waals surface area contributed by atoms with Crippen molar-refractivity contribution in [2.24, 2.45) is 0 Å². The van der Waals surface area contributed by atoms with Crippen LogP contribution in [0.3, 0.4) is 0 Å². The second-order valence-electron chi connectivity index (χ2n) is 5.87. The first-order chi connectivity index (χ1) is 11.8. The lowest BCUT2D eigenvalue weighted by atomic mass is 10.2. The number of nitrogens with zero attached hydrogens (tertiary/aromatic N) is 3. The first-order valence-corrected chi connectivity index (χ1v) is 8.08. The fourth-order valence-electron chi connectivity index (χ4n) is 3.14. The molecule has 1 aliphatic rings. The number of methoxy groups -OCH3 is 1. The van der Waals surface area contributed by atoms with Crippen molar-refractivity contribution in [2.75, 3.05) is 20.3 Å². The lowest BCUT2D eigenvalue weighted by Gasteiger charge is -2.26. The Kier molecular flexibility index (Phi) is 4.15. The van der Waals surface area contributed by atoms with Gasteiger partial charge in [0.25, 0.3) is 0 Å². The minimum Gasteiger partial charge on any atom is -0.497 e. The van der Waals surface area contributed by atoms with Crippen LogP contribution in [-0.4, -0.2) is 34.8 Å². The van der Waals surface area contributed by atoms with Crippen LogP contribution in [0.4, 0.5) is 0 Å². The van der Waals surface area contributed by atoms with E-state index in [1.54, 1.807) is 7.11 Å². The van der Waals surface area contributed by atoms with E-state index in [9.17, 15) is 0 Å². The predicted molar refractivity (Wildman–Crippen MR) is 90.9 cm³/mol. The summed E-state index contributed by atoms with van der Waals surface area (Å²) in [6.07, 6.45) is 1.81. The van der Waals surface area contributed by atoms with Gasteiger partial charge in [0.1, 0.15) is 18.2 Å². The maximum atomic E-state index is 5.73. The van der Waals surface area contributed by atoms with E-state index in [0.717, 1.165) is 41.4 Å². The highest BCUT2D eigenvalue weighted by Gasteiger charge is 2.24. The van der Waals surface area contributed by atoms with Gasteiger partial charge in [-0.3, -0.25) is 4.98 Å². The average Bonchev–Trinajstić information content (AvgIpc) is 3.01. The van der Waals surface area contributed by atoms with Crippen LogP contribution in [0.25, 0.3) is 11.0 Å². The van der Waals surface area contributed by atoms with Gasteiger partial charge in [0, 0.05) is 25.4 Å². The lowest BCUT2D eigenvalue weighted by Crippen LogP contribution is -2.32. The molecule has 0 aliphatic carbocycles. The molecule has 0 fully saturated rings. The van der Waals surface area contributed by atoms with Crippen LogP contribution < -0.4 is 10.1 Å². The zero-order chi connectivity index (χ0) is 16.4. The van der Waals surface area contributed by atoms with Crippen molar-refractivity contribution in [1.29, 1.82) is 0 Å². The summed E-state index contributed by atoms with van der Waals surface area (Å²) in [7, 11) is 1.68. The van der Waals surface area contributed by atoms with Crippen molar-refractivity contribution in [3.8, 4) is 5.75 Å². The molecule has 1 N–H and O–H groups in total. The van der Waals surface area contributed by atoms with E-state index >= 15 is 0 Å². The molecule has 1 aromatic carbocycles. The van der Waals surface area contributed by atoms with Gasteiger partial charge in [-0.05, 0) is 24.3 Å². The molecule has 0 saturated carbocycles. The van der Waals surface area contributed by atoms with Crippen molar-refractivity contribution in [3.05, 3.63) is 54.1 Å². The van der Waals surface area contributed by atoms with Gasteiger partial charge in [-0.25, -0.2) is 4.98 Å². The van der Waals surface area contributed by atoms with E-state index in [4.69, 9.17) is 9.47 Å². The quantitative estimate of drug-likeness (QED) is 0.780. The predicted octanol–water partition coefficient (Wildman–Crippen LogP) is 2.30. The van der Waals surface area contributed by atoms with Gasteiger partial charge in [-0.1, -0.05) is 6.07 Å². The number of hydrogen-bond donors (Lipinski definition) is 1. The summed E-state index contributed by atoms with van der Waals surface area (Å²) in [4.78, 5) is 9.03. The molecular formula is C18H20N4O2. The molecule has 6 heteroatoms. The number of pyridine rings is 1. The highest BCUT2D eigenvalue weighted by molar-refractivity contribution is 5.78. The molecule has 0 radical (unpaired) electrons. The molecule has 2 aromatic heterocycles.